The monoisotopic (exact) mass is 503 g/mol. The first-order chi connectivity index (χ1) is 16.8. The van der Waals surface area contributed by atoms with Gasteiger partial charge in [0.25, 0.3) is 0 Å². The van der Waals surface area contributed by atoms with E-state index in [1.807, 2.05) is 31.2 Å². The molecule has 1 atom stereocenters. The molecule has 5 rings (SSSR count). The first-order valence-corrected chi connectivity index (χ1v) is 11.4. The zero-order valence-corrected chi connectivity index (χ0v) is 19.4. The van der Waals surface area contributed by atoms with Gasteiger partial charge in [0.05, 0.1) is 35.7 Å². The fraction of sp³-hybridized carbons (Fsp3) is 0.292. The Bertz CT molecular complexity index is 1350. The lowest BCUT2D eigenvalue weighted by atomic mass is 10.1. The van der Waals surface area contributed by atoms with Crippen LogP contribution in [0.15, 0.2) is 48.7 Å². The number of aromatic nitrogens is 4. The summed E-state index contributed by atoms with van der Waals surface area (Å²) in [7, 11) is 0. The summed E-state index contributed by atoms with van der Waals surface area (Å²) in [5.74, 6) is 0.913. The Morgan fingerprint density at radius 1 is 1.20 bits per heavy atom. The van der Waals surface area contributed by atoms with Gasteiger partial charge in [-0.3, -0.25) is 5.10 Å². The van der Waals surface area contributed by atoms with Gasteiger partial charge in [0.2, 0.25) is 5.95 Å². The van der Waals surface area contributed by atoms with E-state index in [-0.39, 0.29) is 17.1 Å². The van der Waals surface area contributed by atoms with Gasteiger partial charge < -0.3 is 14.4 Å². The van der Waals surface area contributed by atoms with Gasteiger partial charge in [-0.25, -0.2) is 9.97 Å². The average molecular weight is 504 g/mol. The summed E-state index contributed by atoms with van der Waals surface area (Å²) in [4.78, 5) is 11.0. The van der Waals surface area contributed by atoms with Gasteiger partial charge in [0.1, 0.15) is 28.6 Å². The Labute approximate surface area is 203 Å². The van der Waals surface area contributed by atoms with Gasteiger partial charge >= 0.3 is 6.18 Å². The minimum Gasteiger partial charge on any atom is -0.487 e. The predicted octanol–water partition coefficient (Wildman–Crippen LogP) is 6.02. The lowest BCUT2D eigenvalue weighted by Crippen LogP contribution is -2.20. The highest BCUT2D eigenvalue weighted by Gasteiger charge is 2.31. The maximum atomic E-state index is 13.1. The lowest BCUT2D eigenvalue weighted by molar-refractivity contribution is -0.137. The number of ether oxygens (including phenoxy) is 2. The highest BCUT2D eigenvalue weighted by molar-refractivity contribution is 6.33. The number of H-pyrrole nitrogens is 1. The van der Waals surface area contributed by atoms with Crippen molar-refractivity contribution in [2.75, 3.05) is 24.7 Å². The zero-order valence-electron chi connectivity index (χ0n) is 18.6. The Morgan fingerprint density at radius 2 is 2.03 bits per heavy atom. The van der Waals surface area contributed by atoms with Crippen LogP contribution in [0.3, 0.4) is 0 Å². The molecule has 0 amide bonds. The molecule has 1 saturated heterocycles. The van der Waals surface area contributed by atoms with Crippen LogP contribution in [-0.2, 0) is 10.9 Å². The largest absolute Gasteiger partial charge is 0.487 e. The summed E-state index contributed by atoms with van der Waals surface area (Å²) < 4.78 is 51.1. The van der Waals surface area contributed by atoms with Crippen molar-refractivity contribution >= 4 is 34.3 Å². The molecule has 2 aromatic heterocycles. The van der Waals surface area contributed by atoms with E-state index in [0.29, 0.717) is 47.9 Å². The molecule has 4 aromatic rings. The molecule has 7 nitrogen and oxygen atoms in total. The van der Waals surface area contributed by atoms with Crippen molar-refractivity contribution < 1.29 is 22.6 Å². The quantitative estimate of drug-likeness (QED) is 0.347. The summed E-state index contributed by atoms with van der Waals surface area (Å²) in [5.41, 5.74) is 1.98. The van der Waals surface area contributed by atoms with Crippen LogP contribution in [0.4, 0.5) is 24.8 Å². The van der Waals surface area contributed by atoms with E-state index in [2.05, 4.69) is 15.2 Å². The van der Waals surface area contributed by atoms with Gasteiger partial charge in [0.15, 0.2) is 0 Å². The number of nitrogens with zero attached hydrogens (tertiary/aromatic N) is 4. The molecular weight excluding hydrogens is 483 g/mol. The van der Waals surface area contributed by atoms with E-state index < -0.39 is 11.7 Å². The van der Waals surface area contributed by atoms with E-state index >= 15 is 0 Å². The van der Waals surface area contributed by atoms with Crippen LogP contribution in [0, 0.1) is 0 Å². The molecule has 182 valence electrons. The SMILES string of the molecule is CCN(c1nc(-c2ccccc2OC2CCOC2)c2[nH]ncc2n1)c1ccc(C(F)(F)F)cc1Cl. The third-order valence-corrected chi connectivity index (χ3v) is 6.04. The van der Waals surface area contributed by atoms with E-state index in [0.717, 1.165) is 24.1 Å². The molecule has 1 N–H and O–H groups in total. The minimum atomic E-state index is -4.49. The van der Waals surface area contributed by atoms with Crippen molar-refractivity contribution in [1.29, 1.82) is 0 Å². The molecule has 0 aliphatic carbocycles. The number of benzene rings is 2. The molecular formula is C24H21ClF3N5O2. The van der Waals surface area contributed by atoms with E-state index in [1.54, 1.807) is 11.1 Å². The lowest BCUT2D eigenvalue weighted by Gasteiger charge is -2.24. The number of alkyl halides is 3. The predicted molar refractivity (Wildman–Crippen MR) is 126 cm³/mol. The number of rotatable bonds is 6. The standard InChI is InChI=1S/C24H21ClF3N5O2/c1-2-33(19-8-7-14(11-17(19)25)24(26,27)28)23-30-18-12-29-32-22(18)21(31-23)16-5-3-4-6-20(16)35-15-9-10-34-13-15/h3-8,11-12,15H,2,9-10,13H2,1H3,(H,29,32). The summed E-state index contributed by atoms with van der Waals surface area (Å²) in [5, 5.41) is 7.01. The van der Waals surface area contributed by atoms with Crippen LogP contribution in [0.5, 0.6) is 5.75 Å². The summed E-state index contributed by atoms with van der Waals surface area (Å²) in [6.45, 7) is 3.37. The third-order valence-electron chi connectivity index (χ3n) is 5.74. The molecule has 35 heavy (non-hydrogen) atoms. The number of hydrogen-bond donors (Lipinski definition) is 1. The fourth-order valence-electron chi connectivity index (χ4n) is 4.02. The highest BCUT2D eigenvalue weighted by atomic mass is 35.5. The zero-order chi connectivity index (χ0) is 24.6. The van der Waals surface area contributed by atoms with Crippen LogP contribution in [0.25, 0.3) is 22.3 Å². The molecule has 0 radical (unpaired) electrons. The number of hydrogen-bond acceptors (Lipinski definition) is 6. The molecule has 1 aliphatic heterocycles. The van der Waals surface area contributed by atoms with Crippen molar-refractivity contribution in [3.63, 3.8) is 0 Å². The van der Waals surface area contributed by atoms with Gasteiger partial charge in [-0.2, -0.15) is 18.3 Å². The van der Waals surface area contributed by atoms with E-state index in [4.69, 9.17) is 26.1 Å². The van der Waals surface area contributed by atoms with Gasteiger partial charge in [-0.1, -0.05) is 23.7 Å². The number of aromatic amines is 1. The first-order valence-electron chi connectivity index (χ1n) is 11.0. The molecule has 3 heterocycles. The minimum absolute atomic E-state index is 0.0518. The van der Waals surface area contributed by atoms with Gasteiger partial charge in [-0.15, -0.1) is 0 Å². The van der Waals surface area contributed by atoms with Gasteiger partial charge in [-0.05, 0) is 37.3 Å². The van der Waals surface area contributed by atoms with Crippen LogP contribution in [0.1, 0.15) is 18.9 Å². The van der Waals surface area contributed by atoms with Crippen LogP contribution in [0.2, 0.25) is 5.02 Å². The Balaban J connectivity index is 1.60. The van der Waals surface area contributed by atoms with E-state index in [1.165, 1.54) is 6.07 Å². The van der Waals surface area contributed by atoms with Crippen molar-refractivity contribution in [3.8, 4) is 17.0 Å². The van der Waals surface area contributed by atoms with E-state index in [9.17, 15) is 13.2 Å². The second-order valence-electron chi connectivity index (χ2n) is 8.01. The Morgan fingerprint density at radius 3 is 2.74 bits per heavy atom. The summed E-state index contributed by atoms with van der Waals surface area (Å²) >= 11 is 6.29. The second-order valence-corrected chi connectivity index (χ2v) is 8.42. The number of nitrogens with one attached hydrogen (secondary N) is 1. The molecule has 1 fully saturated rings. The number of anilines is 2. The fourth-order valence-corrected chi connectivity index (χ4v) is 4.30. The van der Waals surface area contributed by atoms with Crippen molar-refractivity contribution in [2.45, 2.75) is 25.6 Å². The highest BCUT2D eigenvalue weighted by Crippen LogP contribution is 2.39. The smallest absolute Gasteiger partial charge is 0.416 e. The Kier molecular flexibility index (Phi) is 6.24. The Hall–Kier alpha value is -3.37. The molecule has 1 aliphatic rings. The molecule has 1 unspecified atom stereocenters. The number of fused-ring (bicyclic) bond motifs is 1. The normalized spacial score (nSPS) is 16.1. The topological polar surface area (TPSA) is 76.2 Å². The summed E-state index contributed by atoms with van der Waals surface area (Å²) in [6.07, 6.45) is -2.20. The maximum Gasteiger partial charge on any atom is 0.416 e. The van der Waals surface area contributed by atoms with Crippen molar-refractivity contribution in [2.24, 2.45) is 0 Å². The van der Waals surface area contributed by atoms with Crippen LogP contribution < -0.4 is 9.64 Å². The summed E-state index contributed by atoms with van der Waals surface area (Å²) in [6, 6.07) is 10.7. The first kappa shape index (κ1) is 23.4. The van der Waals surface area contributed by atoms with Gasteiger partial charge in [0, 0.05) is 18.5 Å². The molecule has 0 spiro atoms. The van der Waals surface area contributed by atoms with Crippen molar-refractivity contribution in [1.82, 2.24) is 20.2 Å². The molecule has 0 saturated carbocycles. The maximum absolute atomic E-state index is 13.1. The number of para-hydroxylation sites is 1. The second kappa shape index (κ2) is 9.35. The molecule has 0 bridgehead atoms. The van der Waals surface area contributed by atoms with Crippen molar-refractivity contribution in [3.05, 3.63) is 59.2 Å². The van der Waals surface area contributed by atoms with Crippen LogP contribution in [-0.4, -0.2) is 46.0 Å². The number of halogens is 4. The van der Waals surface area contributed by atoms with Crippen LogP contribution >= 0.6 is 11.6 Å². The average Bonchev–Trinajstić information content (AvgIpc) is 3.52. The molecule has 11 heteroatoms. The third kappa shape index (κ3) is 4.63. The molecule has 2 aromatic carbocycles.